The molecule has 174 valence electrons. The quantitative estimate of drug-likeness (QED) is 0.600. The Labute approximate surface area is 197 Å². The average Bonchev–Trinajstić information content (AvgIpc) is 3.54. The lowest BCUT2D eigenvalue weighted by atomic mass is 10.1. The van der Waals surface area contributed by atoms with Crippen molar-refractivity contribution >= 4 is 22.6 Å². The number of nitrogens with one attached hydrogen (secondary N) is 2. The van der Waals surface area contributed by atoms with E-state index in [1.54, 1.807) is 13.1 Å². The molecule has 4 heterocycles. The van der Waals surface area contributed by atoms with Crippen LogP contribution in [-0.2, 0) is 13.0 Å². The highest BCUT2D eigenvalue weighted by molar-refractivity contribution is 5.92. The molecule has 3 unspecified atom stereocenters. The number of aryl methyl sites for hydroxylation is 1. The van der Waals surface area contributed by atoms with Crippen molar-refractivity contribution in [3.8, 4) is 6.07 Å². The van der Waals surface area contributed by atoms with E-state index in [2.05, 4.69) is 43.1 Å². The van der Waals surface area contributed by atoms with Gasteiger partial charge in [-0.2, -0.15) is 5.26 Å². The highest BCUT2D eigenvalue weighted by Crippen LogP contribution is 2.45. The van der Waals surface area contributed by atoms with Crippen LogP contribution in [0, 0.1) is 17.2 Å². The van der Waals surface area contributed by atoms with Crippen LogP contribution in [0.1, 0.15) is 41.2 Å². The van der Waals surface area contributed by atoms with Crippen LogP contribution in [0.3, 0.4) is 0 Å². The second-order valence-electron chi connectivity index (χ2n) is 9.01. The molecular weight excluding hydrogens is 430 g/mol. The summed E-state index contributed by atoms with van der Waals surface area (Å²) in [7, 11) is 1.55. The minimum atomic E-state index is -0.304. The van der Waals surface area contributed by atoms with Crippen molar-refractivity contribution in [3.05, 3.63) is 63.3 Å². The Hall–Kier alpha value is -3.77. The summed E-state index contributed by atoms with van der Waals surface area (Å²) >= 11 is 0. The van der Waals surface area contributed by atoms with Crippen molar-refractivity contribution < 1.29 is 4.79 Å². The predicted octanol–water partition coefficient (Wildman–Crippen LogP) is 1.82. The van der Waals surface area contributed by atoms with Crippen molar-refractivity contribution in [2.75, 3.05) is 25.0 Å². The first kappa shape index (κ1) is 22.0. The van der Waals surface area contributed by atoms with Crippen molar-refractivity contribution in [2.24, 2.45) is 5.92 Å². The third-order valence-electron chi connectivity index (χ3n) is 7.04. The fourth-order valence-electron chi connectivity index (χ4n) is 5.21. The summed E-state index contributed by atoms with van der Waals surface area (Å²) in [5.74, 6) is 0.134. The third-order valence-corrected chi connectivity index (χ3v) is 7.04. The largest absolute Gasteiger partial charge is 0.363 e. The Morgan fingerprint density at radius 2 is 2.12 bits per heavy atom. The van der Waals surface area contributed by atoms with Crippen molar-refractivity contribution in [1.29, 1.82) is 5.26 Å². The Kier molecular flexibility index (Phi) is 5.54. The van der Waals surface area contributed by atoms with E-state index in [-0.39, 0.29) is 28.9 Å². The number of hydrogen-bond donors (Lipinski definition) is 2. The molecule has 0 aromatic carbocycles. The number of anilines is 1. The molecule has 3 atom stereocenters. The first-order chi connectivity index (χ1) is 16.4. The molecule has 5 rings (SSSR count). The number of carbonyl (C=O) groups is 1. The SMILES string of the molecule is CCc1cc2ncc(CN3CCN(c4ccc(C(=O)NC)nc4C#N)C4C(C)C43)cc2[nH]c1=O. The van der Waals surface area contributed by atoms with E-state index < -0.39 is 0 Å². The maximum Gasteiger partial charge on any atom is 0.269 e. The maximum absolute atomic E-state index is 12.2. The van der Waals surface area contributed by atoms with E-state index in [4.69, 9.17) is 0 Å². The summed E-state index contributed by atoms with van der Waals surface area (Å²) in [6, 6.07) is 10.2. The van der Waals surface area contributed by atoms with Crippen LogP contribution in [0.2, 0.25) is 0 Å². The van der Waals surface area contributed by atoms with E-state index in [1.165, 1.54) is 0 Å². The number of aromatic nitrogens is 3. The Morgan fingerprint density at radius 1 is 1.29 bits per heavy atom. The normalized spacial score (nSPS) is 21.7. The third kappa shape index (κ3) is 3.70. The van der Waals surface area contributed by atoms with E-state index in [1.807, 2.05) is 31.3 Å². The zero-order valence-corrected chi connectivity index (χ0v) is 19.5. The van der Waals surface area contributed by atoms with Gasteiger partial charge in [0.15, 0.2) is 5.69 Å². The molecule has 0 bridgehead atoms. The van der Waals surface area contributed by atoms with Gasteiger partial charge in [0.2, 0.25) is 0 Å². The molecule has 1 saturated carbocycles. The maximum atomic E-state index is 12.2. The van der Waals surface area contributed by atoms with E-state index >= 15 is 0 Å². The fraction of sp³-hybridized carbons (Fsp3) is 0.400. The molecular formula is C25H27N7O2. The summed E-state index contributed by atoms with van der Waals surface area (Å²) in [6.45, 7) is 6.53. The number of pyridine rings is 3. The minimum absolute atomic E-state index is 0.0530. The van der Waals surface area contributed by atoms with Crippen LogP contribution in [0.4, 0.5) is 5.69 Å². The van der Waals surface area contributed by atoms with Gasteiger partial charge in [0.05, 0.1) is 16.7 Å². The molecule has 0 radical (unpaired) electrons. The van der Waals surface area contributed by atoms with Gasteiger partial charge < -0.3 is 15.2 Å². The lowest BCUT2D eigenvalue weighted by Gasteiger charge is -2.35. The molecule has 0 spiro atoms. The smallest absolute Gasteiger partial charge is 0.269 e. The first-order valence-electron chi connectivity index (χ1n) is 11.6. The number of aromatic amines is 1. The summed E-state index contributed by atoms with van der Waals surface area (Å²) in [6.07, 6.45) is 2.57. The monoisotopic (exact) mass is 457 g/mol. The number of fused-ring (bicyclic) bond motifs is 2. The number of amides is 1. The summed E-state index contributed by atoms with van der Waals surface area (Å²) in [4.78, 5) is 40.7. The molecule has 1 saturated heterocycles. The standard InChI is InChI=1S/C25H27N7O2/c1-4-16-10-18-19(30-24(16)33)9-15(12-28-18)13-31-7-8-32(23-14(2)22(23)31)21-6-5-17(25(34)27-3)29-20(21)11-26/h5-6,9-10,12,14,22-23H,4,7-8,13H2,1-3H3,(H,27,34)(H,30,33). The van der Waals surface area contributed by atoms with Crippen molar-refractivity contribution in [3.63, 3.8) is 0 Å². The topological polar surface area (TPSA) is 118 Å². The van der Waals surface area contributed by atoms with Crippen molar-refractivity contribution in [1.82, 2.24) is 25.2 Å². The van der Waals surface area contributed by atoms with E-state index in [0.717, 1.165) is 47.5 Å². The van der Waals surface area contributed by atoms with Gasteiger partial charge in [-0.05, 0) is 42.2 Å². The van der Waals surface area contributed by atoms with E-state index in [0.29, 0.717) is 18.4 Å². The Morgan fingerprint density at radius 3 is 2.85 bits per heavy atom. The highest BCUT2D eigenvalue weighted by atomic mass is 16.1. The molecule has 9 heteroatoms. The Balaban J connectivity index is 1.35. The van der Waals surface area contributed by atoms with Gasteiger partial charge >= 0.3 is 0 Å². The molecule has 2 fully saturated rings. The minimum Gasteiger partial charge on any atom is -0.363 e. The second kappa shape index (κ2) is 8.54. The number of rotatable bonds is 5. The van der Waals surface area contributed by atoms with Crippen LogP contribution >= 0.6 is 0 Å². The molecule has 1 aliphatic heterocycles. The van der Waals surface area contributed by atoms with Gasteiger partial charge in [0, 0.05) is 50.5 Å². The van der Waals surface area contributed by atoms with E-state index in [9.17, 15) is 14.9 Å². The van der Waals surface area contributed by atoms with Crippen LogP contribution in [-0.4, -0.2) is 58.0 Å². The zero-order valence-electron chi connectivity index (χ0n) is 19.5. The summed E-state index contributed by atoms with van der Waals surface area (Å²) < 4.78 is 0. The lowest BCUT2D eigenvalue weighted by molar-refractivity contribution is 0.0958. The number of carbonyl (C=O) groups excluding carboxylic acids is 1. The van der Waals surface area contributed by atoms with Crippen molar-refractivity contribution in [2.45, 2.75) is 38.9 Å². The fourth-order valence-corrected chi connectivity index (χ4v) is 5.21. The van der Waals surface area contributed by atoms with Gasteiger partial charge in [-0.3, -0.25) is 19.5 Å². The van der Waals surface area contributed by atoms with Crippen LogP contribution < -0.4 is 15.8 Å². The first-order valence-corrected chi connectivity index (χ1v) is 11.6. The number of H-pyrrole nitrogens is 1. The lowest BCUT2D eigenvalue weighted by Crippen LogP contribution is -2.46. The molecule has 34 heavy (non-hydrogen) atoms. The van der Waals surface area contributed by atoms with Gasteiger partial charge in [0.1, 0.15) is 11.8 Å². The zero-order chi connectivity index (χ0) is 24.0. The summed E-state index contributed by atoms with van der Waals surface area (Å²) in [5.41, 5.74) is 4.63. The molecule has 3 aromatic rings. The van der Waals surface area contributed by atoms with Crippen LogP contribution in [0.5, 0.6) is 0 Å². The molecule has 2 N–H and O–H groups in total. The predicted molar refractivity (Wildman–Crippen MR) is 129 cm³/mol. The Bertz CT molecular complexity index is 1380. The van der Waals surface area contributed by atoms with Gasteiger partial charge in [-0.1, -0.05) is 13.8 Å². The average molecular weight is 458 g/mol. The second-order valence-corrected chi connectivity index (χ2v) is 9.01. The van der Waals surface area contributed by atoms with Crippen LogP contribution in [0.25, 0.3) is 11.0 Å². The molecule has 2 aliphatic rings. The van der Waals surface area contributed by atoms with Gasteiger partial charge in [-0.15, -0.1) is 0 Å². The van der Waals surface area contributed by atoms with Crippen LogP contribution in [0.15, 0.2) is 35.3 Å². The molecule has 3 aromatic heterocycles. The number of hydrogen-bond acceptors (Lipinski definition) is 7. The van der Waals surface area contributed by atoms with Gasteiger partial charge in [-0.25, -0.2) is 4.98 Å². The van der Waals surface area contributed by atoms with Gasteiger partial charge in [0.25, 0.3) is 11.5 Å². The molecule has 9 nitrogen and oxygen atoms in total. The number of piperazine rings is 1. The molecule has 1 amide bonds. The highest BCUT2D eigenvalue weighted by Gasteiger charge is 2.56. The number of nitrogens with zero attached hydrogens (tertiary/aromatic N) is 5. The summed E-state index contributed by atoms with van der Waals surface area (Å²) in [5, 5.41) is 12.2. The number of nitriles is 1. The molecule has 1 aliphatic carbocycles.